The largest absolute Gasteiger partial charge is 0.264 e. The highest BCUT2D eigenvalue weighted by Gasteiger charge is 2.12. The molecule has 0 aliphatic heterocycles. The lowest BCUT2D eigenvalue weighted by atomic mass is 10.0. The Morgan fingerprint density at radius 1 is 1.37 bits per heavy atom. The molecule has 0 fully saturated rings. The van der Waals surface area contributed by atoms with E-state index in [0.717, 1.165) is 15.6 Å². The molecule has 0 spiro atoms. The first-order chi connectivity index (χ1) is 9.13. The van der Waals surface area contributed by atoms with E-state index < -0.39 is 0 Å². The molecule has 2 aromatic rings. The molecule has 0 amide bonds. The van der Waals surface area contributed by atoms with Crippen molar-refractivity contribution in [2.24, 2.45) is 0 Å². The Morgan fingerprint density at radius 2 is 2.16 bits per heavy atom. The summed E-state index contributed by atoms with van der Waals surface area (Å²) in [7, 11) is 0. The fourth-order valence-electron chi connectivity index (χ4n) is 1.68. The second-order valence-corrected chi connectivity index (χ2v) is 5.26. The molecule has 94 valence electrons. The summed E-state index contributed by atoms with van der Waals surface area (Å²) in [6.45, 7) is 2.00. The van der Waals surface area contributed by atoms with Gasteiger partial charge < -0.3 is 0 Å². The van der Waals surface area contributed by atoms with Crippen LogP contribution in [0.3, 0.4) is 0 Å². The molecule has 2 nitrogen and oxygen atoms in total. The van der Waals surface area contributed by atoms with Crippen LogP contribution in [0, 0.1) is 18.3 Å². The summed E-state index contributed by atoms with van der Waals surface area (Å²) < 4.78 is 0.870. The van der Waals surface area contributed by atoms with E-state index in [4.69, 9.17) is 11.6 Å². The molecule has 1 heterocycles. The van der Waals surface area contributed by atoms with Crippen molar-refractivity contribution in [1.82, 2.24) is 4.98 Å². The average Bonchev–Trinajstić information content (AvgIpc) is 2.40. The molecule has 0 unspecified atom stereocenters. The molecule has 0 saturated heterocycles. The van der Waals surface area contributed by atoms with Crippen LogP contribution in [0.2, 0.25) is 0 Å². The van der Waals surface area contributed by atoms with Gasteiger partial charge in [-0.15, -0.1) is 0 Å². The van der Waals surface area contributed by atoms with E-state index >= 15 is 0 Å². The Bertz CT molecular complexity index is 672. The summed E-state index contributed by atoms with van der Waals surface area (Å²) in [4.78, 5) is 4.01. The fourth-order valence-corrected chi connectivity index (χ4v) is 2.81. The zero-order chi connectivity index (χ0) is 13.8. The zero-order valence-electron chi connectivity index (χ0n) is 10.2. The quantitative estimate of drug-likeness (QED) is 0.741. The zero-order valence-corrected chi connectivity index (χ0v) is 12.5. The van der Waals surface area contributed by atoms with Gasteiger partial charge in [0.1, 0.15) is 6.07 Å². The molecule has 0 aliphatic rings. The SMILES string of the molecule is Cc1ccc(/C(Cl)=C(/C#N)c2cccnc2)c(Br)c1. The van der Waals surface area contributed by atoms with Gasteiger partial charge in [0, 0.05) is 28.0 Å². The Morgan fingerprint density at radius 3 is 2.74 bits per heavy atom. The predicted octanol–water partition coefficient (Wildman–Crippen LogP) is 4.78. The van der Waals surface area contributed by atoms with Gasteiger partial charge in [0.05, 0.1) is 10.6 Å². The minimum Gasteiger partial charge on any atom is -0.264 e. The van der Waals surface area contributed by atoms with Crippen LogP contribution in [0.25, 0.3) is 10.6 Å². The van der Waals surface area contributed by atoms with Crippen LogP contribution in [-0.2, 0) is 0 Å². The molecular weight excluding hydrogens is 324 g/mol. The first-order valence-corrected chi connectivity index (χ1v) is 6.77. The smallest absolute Gasteiger partial charge is 0.101 e. The number of pyridine rings is 1. The molecule has 0 radical (unpaired) electrons. The van der Waals surface area contributed by atoms with E-state index in [1.165, 1.54) is 0 Å². The minimum atomic E-state index is 0.416. The van der Waals surface area contributed by atoms with Crippen molar-refractivity contribution in [3.05, 3.63) is 63.9 Å². The van der Waals surface area contributed by atoms with E-state index in [9.17, 15) is 5.26 Å². The topological polar surface area (TPSA) is 36.7 Å². The van der Waals surface area contributed by atoms with Gasteiger partial charge in [0.25, 0.3) is 0 Å². The number of aromatic nitrogens is 1. The third-order valence-corrected chi connectivity index (χ3v) is 3.69. The third kappa shape index (κ3) is 3.04. The Kier molecular flexibility index (Phi) is 4.36. The first kappa shape index (κ1) is 13.8. The molecule has 0 saturated carbocycles. The van der Waals surface area contributed by atoms with Gasteiger partial charge in [0.15, 0.2) is 0 Å². The van der Waals surface area contributed by atoms with E-state index in [2.05, 4.69) is 27.0 Å². The molecule has 1 aromatic carbocycles. The van der Waals surface area contributed by atoms with Gasteiger partial charge in [-0.1, -0.05) is 45.7 Å². The lowest BCUT2D eigenvalue weighted by Crippen LogP contribution is -1.89. The number of halogens is 2. The van der Waals surface area contributed by atoms with Crippen LogP contribution < -0.4 is 0 Å². The molecule has 0 aliphatic carbocycles. The Hall–Kier alpha value is -1.63. The van der Waals surface area contributed by atoms with Crippen molar-refractivity contribution in [2.45, 2.75) is 6.92 Å². The summed E-state index contributed by atoms with van der Waals surface area (Å²) in [6.07, 6.45) is 3.29. The Labute approximate surface area is 125 Å². The number of nitriles is 1. The number of hydrogen-bond acceptors (Lipinski definition) is 2. The number of rotatable bonds is 2. The second-order valence-electron chi connectivity index (χ2n) is 4.03. The normalized spacial score (nSPS) is 11.7. The highest BCUT2D eigenvalue weighted by Crippen LogP contribution is 2.33. The van der Waals surface area contributed by atoms with Crippen LogP contribution in [0.5, 0.6) is 0 Å². The maximum atomic E-state index is 9.32. The lowest BCUT2D eigenvalue weighted by molar-refractivity contribution is 1.31. The summed E-state index contributed by atoms with van der Waals surface area (Å²) in [5.41, 5.74) is 3.05. The maximum absolute atomic E-state index is 9.32. The molecular formula is C15H10BrClN2. The molecule has 4 heteroatoms. The Balaban J connectivity index is 2.59. The first-order valence-electron chi connectivity index (χ1n) is 5.60. The summed E-state index contributed by atoms with van der Waals surface area (Å²) in [5, 5.41) is 9.74. The van der Waals surface area contributed by atoms with Crippen molar-refractivity contribution in [1.29, 1.82) is 5.26 Å². The van der Waals surface area contributed by atoms with Crippen LogP contribution in [-0.4, -0.2) is 4.98 Å². The number of nitrogens with zero attached hydrogens (tertiary/aromatic N) is 2. The number of allylic oxidation sites excluding steroid dienone is 1. The van der Waals surface area contributed by atoms with Gasteiger partial charge in [-0.3, -0.25) is 4.98 Å². The van der Waals surface area contributed by atoms with Crippen LogP contribution in [0.1, 0.15) is 16.7 Å². The van der Waals surface area contributed by atoms with Crippen LogP contribution in [0.4, 0.5) is 0 Å². The molecule has 0 atom stereocenters. The van der Waals surface area contributed by atoms with Crippen molar-refractivity contribution in [2.75, 3.05) is 0 Å². The average molecular weight is 334 g/mol. The fraction of sp³-hybridized carbons (Fsp3) is 0.0667. The van der Waals surface area contributed by atoms with Gasteiger partial charge in [-0.2, -0.15) is 5.26 Å². The monoisotopic (exact) mass is 332 g/mol. The van der Waals surface area contributed by atoms with E-state index in [1.54, 1.807) is 18.5 Å². The second kappa shape index (κ2) is 6.01. The molecule has 2 rings (SSSR count). The van der Waals surface area contributed by atoms with Gasteiger partial charge in [-0.25, -0.2) is 0 Å². The van der Waals surface area contributed by atoms with Crippen molar-refractivity contribution < 1.29 is 0 Å². The van der Waals surface area contributed by atoms with E-state index in [1.807, 2.05) is 31.2 Å². The van der Waals surface area contributed by atoms with Crippen molar-refractivity contribution in [3.63, 3.8) is 0 Å². The van der Waals surface area contributed by atoms with Gasteiger partial charge >= 0.3 is 0 Å². The lowest BCUT2D eigenvalue weighted by Gasteiger charge is -2.07. The predicted molar refractivity (Wildman–Crippen MR) is 81.4 cm³/mol. The summed E-state index contributed by atoms with van der Waals surface area (Å²) in [6, 6.07) is 11.6. The number of hydrogen-bond donors (Lipinski definition) is 0. The summed E-state index contributed by atoms with van der Waals surface area (Å²) in [5.74, 6) is 0. The highest BCUT2D eigenvalue weighted by molar-refractivity contribution is 9.10. The van der Waals surface area contributed by atoms with Crippen LogP contribution in [0.15, 0.2) is 47.2 Å². The van der Waals surface area contributed by atoms with Crippen molar-refractivity contribution >= 4 is 38.1 Å². The molecule has 0 bridgehead atoms. The molecule has 0 N–H and O–H groups in total. The third-order valence-electron chi connectivity index (χ3n) is 2.64. The standard InChI is InChI=1S/C15H10BrClN2/c1-10-4-5-12(14(16)7-10)15(17)13(8-18)11-3-2-6-19-9-11/h2-7,9H,1H3/b15-13+. The van der Waals surface area contributed by atoms with E-state index in [-0.39, 0.29) is 0 Å². The summed E-state index contributed by atoms with van der Waals surface area (Å²) >= 11 is 9.84. The van der Waals surface area contributed by atoms with Gasteiger partial charge in [0.2, 0.25) is 0 Å². The van der Waals surface area contributed by atoms with Gasteiger partial charge in [-0.05, 0) is 24.6 Å². The molecule has 1 aromatic heterocycles. The van der Waals surface area contributed by atoms with E-state index in [0.29, 0.717) is 16.2 Å². The highest BCUT2D eigenvalue weighted by atomic mass is 79.9. The number of benzene rings is 1. The number of aryl methyl sites for hydroxylation is 1. The maximum Gasteiger partial charge on any atom is 0.101 e. The van der Waals surface area contributed by atoms with Crippen molar-refractivity contribution in [3.8, 4) is 6.07 Å². The van der Waals surface area contributed by atoms with Crippen LogP contribution >= 0.6 is 27.5 Å². The molecule has 19 heavy (non-hydrogen) atoms. The minimum absolute atomic E-state index is 0.416.